The number of thioether (sulfide) groups is 1. The molecule has 5 heteroatoms. The number of benzene rings is 2. The summed E-state index contributed by atoms with van der Waals surface area (Å²) in [5.74, 6) is -0.275. The quantitative estimate of drug-likeness (QED) is 0.511. The highest BCUT2D eigenvalue weighted by Gasteiger charge is 2.36. The number of carbonyl (C=O) groups excluding carboxylic acids is 2. The molecule has 1 aliphatic rings. The average Bonchev–Trinajstić information content (AvgIpc) is 3.17. The number of rotatable bonds is 4. The van der Waals surface area contributed by atoms with Crippen LogP contribution in [0.15, 0.2) is 65.6 Å². The Morgan fingerprint density at radius 2 is 1.62 bits per heavy atom. The van der Waals surface area contributed by atoms with E-state index in [0.29, 0.717) is 10.6 Å². The van der Waals surface area contributed by atoms with E-state index in [0.717, 1.165) is 40.8 Å². The Hall–Kier alpha value is -3.05. The SMILES string of the molecule is CCc1ccc(-n2c(C)cc(/C=C3\SC(=O)N(c4ccccc4)C3=O)c2C)cc1. The standard InChI is InChI=1S/C24H22N2O2S/c1-4-18-10-12-21(13-11-18)25-16(2)14-19(17(25)3)15-22-23(27)26(24(28)29-22)20-8-6-5-7-9-20/h5-15H,4H2,1-3H3/b22-15-. The fraction of sp³-hybridized carbons (Fsp3) is 0.167. The lowest BCUT2D eigenvalue weighted by molar-refractivity contribution is -0.113. The van der Waals surface area contributed by atoms with Crippen LogP contribution in [0.3, 0.4) is 0 Å². The highest BCUT2D eigenvalue weighted by atomic mass is 32.2. The smallest absolute Gasteiger partial charge is 0.298 e. The molecule has 1 saturated heterocycles. The van der Waals surface area contributed by atoms with Gasteiger partial charge in [0.1, 0.15) is 0 Å². The maximum absolute atomic E-state index is 12.9. The van der Waals surface area contributed by atoms with E-state index in [1.807, 2.05) is 38.1 Å². The largest absolute Gasteiger partial charge is 0.318 e. The Kier molecular flexibility index (Phi) is 5.16. The van der Waals surface area contributed by atoms with Crippen molar-refractivity contribution in [1.29, 1.82) is 0 Å². The summed E-state index contributed by atoms with van der Waals surface area (Å²) in [4.78, 5) is 27.0. The van der Waals surface area contributed by atoms with Crippen LogP contribution >= 0.6 is 11.8 Å². The van der Waals surface area contributed by atoms with Gasteiger partial charge in [-0.3, -0.25) is 9.59 Å². The topological polar surface area (TPSA) is 42.3 Å². The molecule has 0 saturated carbocycles. The van der Waals surface area contributed by atoms with Crippen molar-refractivity contribution >= 4 is 34.7 Å². The maximum atomic E-state index is 12.9. The molecule has 4 rings (SSSR count). The summed E-state index contributed by atoms with van der Waals surface area (Å²) < 4.78 is 2.17. The molecule has 3 aromatic rings. The van der Waals surface area contributed by atoms with Crippen molar-refractivity contribution in [3.8, 4) is 5.69 Å². The molecule has 0 N–H and O–H groups in total. The van der Waals surface area contributed by atoms with Crippen LogP contribution in [0.5, 0.6) is 0 Å². The van der Waals surface area contributed by atoms with E-state index in [2.05, 4.69) is 41.8 Å². The van der Waals surface area contributed by atoms with Crippen LogP contribution in [-0.4, -0.2) is 15.7 Å². The Morgan fingerprint density at radius 3 is 2.28 bits per heavy atom. The van der Waals surface area contributed by atoms with Crippen LogP contribution in [0, 0.1) is 13.8 Å². The molecule has 0 atom stereocenters. The van der Waals surface area contributed by atoms with Crippen molar-refractivity contribution < 1.29 is 9.59 Å². The average molecular weight is 403 g/mol. The van der Waals surface area contributed by atoms with Crippen molar-refractivity contribution in [2.24, 2.45) is 0 Å². The lowest BCUT2D eigenvalue weighted by Crippen LogP contribution is -2.27. The number of hydrogen-bond donors (Lipinski definition) is 0. The van der Waals surface area contributed by atoms with Gasteiger partial charge in [-0.1, -0.05) is 37.3 Å². The lowest BCUT2D eigenvalue weighted by Gasteiger charge is -2.11. The van der Waals surface area contributed by atoms with E-state index in [1.54, 1.807) is 12.1 Å². The zero-order valence-corrected chi connectivity index (χ0v) is 17.5. The molecule has 0 spiro atoms. The molecule has 1 fully saturated rings. The fourth-order valence-electron chi connectivity index (χ4n) is 3.62. The molecule has 0 radical (unpaired) electrons. The van der Waals surface area contributed by atoms with Gasteiger partial charge in [-0.05, 0) is 79.6 Å². The molecule has 29 heavy (non-hydrogen) atoms. The van der Waals surface area contributed by atoms with Crippen LogP contribution in [0.2, 0.25) is 0 Å². The van der Waals surface area contributed by atoms with Gasteiger partial charge in [0.15, 0.2) is 0 Å². The highest BCUT2D eigenvalue weighted by molar-refractivity contribution is 8.19. The molecule has 1 aliphatic heterocycles. The van der Waals surface area contributed by atoms with Gasteiger partial charge < -0.3 is 4.57 Å². The number of para-hydroxylation sites is 1. The number of nitrogens with zero attached hydrogens (tertiary/aromatic N) is 2. The first-order valence-corrected chi connectivity index (χ1v) is 10.4. The summed E-state index contributed by atoms with van der Waals surface area (Å²) >= 11 is 0.985. The van der Waals surface area contributed by atoms with Crippen LogP contribution in [-0.2, 0) is 11.2 Å². The number of hydrogen-bond acceptors (Lipinski definition) is 3. The molecule has 0 bridgehead atoms. The van der Waals surface area contributed by atoms with Crippen molar-refractivity contribution in [3.63, 3.8) is 0 Å². The van der Waals surface area contributed by atoms with E-state index in [9.17, 15) is 9.59 Å². The molecule has 146 valence electrons. The van der Waals surface area contributed by atoms with Crippen LogP contribution in [0.25, 0.3) is 11.8 Å². The van der Waals surface area contributed by atoms with Gasteiger partial charge in [0, 0.05) is 17.1 Å². The minimum Gasteiger partial charge on any atom is -0.318 e. The van der Waals surface area contributed by atoms with Crippen molar-refractivity contribution in [1.82, 2.24) is 4.57 Å². The molecule has 2 heterocycles. The van der Waals surface area contributed by atoms with Crippen LogP contribution < -0.4 is 4.90 Å². The Labute approximate surface area is 174 Å². The zero-order chi connectivity index (χ0) is 20.5. The maximum Gasteiger partial charge on any atom is 0.298 e. The van der Waals surface area contributed by atoms with E-state index in [4.69, 9.17) is 0 Å². The summed E-state index contributed by atoms with van der Waals surface area (Å²) in [5, 5.41) is -0.267. The van der Waals surface area contributed by atoms with Crippen molar-refractivity contribution in [2.75, 3.05) is 4.90 Å². The van der Waals surface area contributed by atoms with E-state index in [1.165, 1.54) is 10.5 Å². The second-order valence-electron chi connectivity index (χ2n) is 7.03. The molecular formula is C24H22N2O2S. The van der Waals surface area contributed by atoms with Gasteiger partial charge in [0.25, 0.3) is 11.1 Å². The fourth-order valence-corrected chi connectivity index (χ4v) is 4.45. The summed E-state index contributed by atoms with van der Waals surface area (Å²) in [7, 11) is 0. The molecular weight excluding hydrogens is 380 g/mol. The van der Waals surface area contributed by atoms with Gasteiger partial charge >= 0.3 is 0 Å². The number of amides is 2. The van der Waals surface area contributed by atoms with Gasteiger partial charge in [-0.15, -0.1) is 0 Å². The van der Waals surface area contributed by atoms with Crippen LogP contribution in [0.1, 0.15) is 29.4 Å². The predicted octanol–water partition coefficient (Wildman–Crippen LogP) is 5.90. The molecule has 2 amide bonds. The Balaban J connectivity index is 1.68. The molecule has 4 nitrogen and oxygen atoms in total. The van der Waals surface area contributed by atoms with Gasteiger partial charge in [0.05, 0.1) is 10.6 Å². The first kappa shape index (κ1) is 19.3. The van der Waals surface area contributed by atoms with Gasteiger partial charge in [-0.2, -0.15) is 0 Å². The number of imide groups is 1. The minimum atomic E-state index is -0.275. The first-order valence-electron chi connectivity index (χ1n) is 9.61. The number of aryl methyl sites for hydroxylation is 2. The van der Waals surface area contributed by atoms with E-state index < -0.39 is 0 Å². The molecule has 2 aromatic carbocycles. The predicted molar refractivity (Wildman–Crippen MR) is 120 cm³/mol. The normalized spacial score (nSPS) is 15.6. The molecule has 0 unspecified atom stereocenters. The third kappa shape index (κ3) is 3.54. The Bertz CT molecular complexity index is 1110. The Morgan fingerprint density at radius 1 is 0.931 bits per heavy atom. The van der Waals surface area contributed by atoms with Gasteiger partial charge in [0.2, 0.25) is 0 Å². The third-order valence-corrected chi connectivity index (χ3v) is 6.04. The molecule has 0 aliphatic carbocycles. The monoisotopic (exact) mass is 402 g/mol. The second kappa shape index (κ2) is 7.76. The third-order valence-electron chi connectivity index (χ3n) is 5.17. The van der Waals surface area contributed by atoms with Gasteiger partial charge in [-0.25, -0.2) is 4.90 Å². The summed E-state index contributed by atoms with van der Waals surface area (Å²) in [6.45, 7) is 6.23. The zero-order valence-electron chi connectivity index (χ0n) is 16.7. The molecule has 1 aromatic heterocycles. The highest BCUT2D eigenvalue weighted by Crippen LogP contribution is 2.36. The lowest BCUT2D eigenvalue weighted by atomic mass is 10.1. The van der Waals surface area contributed by atoms with E-state index >= 15 is 0 Å². The van der Waals surface area contributed by atoms with Crippen molar-refractivity contribution in [3.05, 3.63) is 88.1 Å². The summed E-state index contributed by atoms with van der Waals surface area (Å²) in [6.07, 6.45) is 2.83. The number of aromatic nitrogens is 1. The number of anilines is 1. The van der Waals surface area contributed by atoms with Crippen molar-refractivity contribution in [2.45, 2.75) is 27.2 Å². The summed E-state index contributed by atoms with van der Waals surface area (Å²) in [5.41, 5.74) is 6.05. The first-order chi connectivity index (χ1) is 14.0. The van der Waals surface area contributed by atoms with Crippen LogP contribution in [0.4, 0.5) is 10.5 Å². The summed E-state index contributed by atoms with van der Waals surface area (Å²) in [6, 6.07) is 19.6. The van der Waals surface area contributed by atoms with E-state index in [-0.39, 0.29) is 11.1 Å². The minimum absolute atomic E-state index is 0.267. The second-order valence-corrected chi connectivity index (χ2v) is 8.03. The number of carbonyl (C=O) groups is 2.